The Kier molecular flexibility index (Phi) is 4.79. The van der Waals surface area contributed by atoms with Crippen LogP contribution in [0.1, 0.15) is 12.8 Å². The van der Waals surface area contributed by atoms with Crippen LogP contribution < -0.4 is 0 Å². The average molecular weight is 280 g/mol. The molecule has 0 heterocycles. The molecule has 0 aliphatic heterocycles. The number of amides is 2. The minimum atomic E-state index is -4.63. The highest BCUT2D eigenvalue weighted by atomic mass is 19.4. The molecular formula is C11H15F3N2O3. The van der Waals surface area contributed by atoms with Crippen molar-refractivity contribution in [2.24, 2.45) is 0 Å². The van der Waals surface area contributed by atoms with Crippen LogP contribution in [0.4, 0.5) is 18.0 Å². The third-order valence-electron chi connectivity index (χ3n) is 2.53. The molecule has 1 N–H and O–H groups in total. The Morgan fingerprint density at radius 2 is 1.95 bits per heavy atom. The van der Waals surface area contributed by atoms with Crippen LogP contribution in [0.3, 0.4) is 0 Å². The molecule has 1 rings (SSSR count). The number of halogens is 3. The van der Waals surface area contributed by atoms with Crippen molar-refractivity contribution < 1.29 is 27.9 Å². The minimum absolute atomic E-state index is 0.109. The van der Waals surface area contributed by atoms with E-state index in [1.165, 1.54) is 11.0 Å². The summed E-state index contributed by atoms with van der Waals surface area (Å²) in [6.45, 7) is 1.00. The van der Waals surface area contributed by atoms with E-state index in [-0.39, 0.29) is 12.6 Å². The number of rotatable bonds is 6. The number of nitrogens with zero attached hydrogens (tertiary/aromatic N) is 2. The van der Waals surface area contributed by atoms with E-state index in [1.807, 2.05) is 0 Å². The number of carboxylic acids is 1. The van der Waals surface area contributed by atoms with Gasteiger partial charge in [0.15, 0.2) is 0 Å². The number of carbonyl (C=O) groups excluding carboxylic acids is 1. The van der Waals surface area contributed by atoms with Crippen LogP contribution in [0.25, 0.3) is 0 Å². The summed E-state index contributed by atoms with van der Waals surface area (Å²) in [6, 6.07) is -1.03. The predicted octanol–water partition coefficient (Wildman–Crippen LogP) is 1.71. The van der Waals surface area contributed by atoms with Crippen molar-refractivity contribution in [2.75, 3.05) is 19.6 Å². The molecule has 0 aromatic carbocycles. The maximum absolute atomic E-state index is 12.4. The third-order valence-corrected chi connectivity index (χ3v) is 2.53. The summed E-state index contributed by atoms with van der Waals surface area (Å²) < 4.78 is 37.1. The van der Waals surface area contributed by atoms with Gasteiger partial charge in [-0.2, -0.15) is 13.2 Å². The van der Waals surface area contributed by atoms with Crippen molar-refractivity contribution in [3.8, 4) is 0 Å². The first kappa shape index (κ1) is 15.3. The van der Waals surface area contributed by atoms with Crippen LogP contribution in [-0.2, 0) is 4.79 Å². The largest absolute Gasteiger partial charge is 0.480 e. The van der Waals surface area contributed by atoms with Gasteiger partial charge in [0.2, 0.25) is 0 Å². The van der Waals surface area contributed by atoms with Crippen molar-refractivity contribution in [2.45, 2.75) is 25.1 Å². The fourth-order valence-electron chi connectivity index (χ4n) is 1.66. The molecule has 0 spiro atoms. The van der Waals surface area contributed by atoms with Crippen LogP contribution in [-0.4, -0.2) is 58.8 Å². The number of alkyl halides is 3. The van der Waals surface area contributed by atoms with E-state index in [4.69, 9.17) is 5.11 Å². The number of hydrogen-bond donors (Lipinski definition) is 1. The first-order valence-corrected chi connectivity index (χ1v) is 5.69. The summed E-state index contributed by atoms with van der Waals surface area (Å²) in [7, 11) is 0. The summed E-state index contributed by atoms with van der Waals surface area (Å²) in [5, 5.41) is 8.60. The molecule has 108 valence electrons. The fourth-order valence-corrected chi connectivity index (χ4v) is 1.66. The van der Waals surface area contributed by atoms with Gasteiger partial charge < -0.3 is 14.9 Å². The van der Waals surface area contributed by atoms with Crippen molar-refractivity contribution >= 4 is 12.0 Å². The topological polar surface area (TPSA) is 60.9 Å². The number of urea groups is 1. The van der Waals surface area contributed by atoms with E-state index in [0.717, 1.165) is 0 Å². The maximum Gasteiger partial charge on any atom is 0.406 e. The van der Waals surface area contributed by atoms with Crippen LogP contribution in [0.5, 0.6) is 0 Å². The molecule has 8 heteroatoms. The summed E-state index contributed by atoms with van der Waals surface area (Å²) in [5.74, 6) is -1.48. The molecular weight excluding hydrogens is 265 g/mol. The van der Waals surface area contributed by atoms with Crippen LogP contribution in [0.2, 0.25) is 0 Å². The van der Waals surface area contributed by atoms with Crippen molar-refractivity contribution in [3.05, 3.63) is 12.7 Å². The quantitative estimate of drug-likeness (QED) is 0.753. The Morgan fingerprint density at radius 1 is 1.37 bits per heavy atom. The molecule has 19 heavy (non-hydrogen) atoms. The monoisotopic (exact) mass is 280 g/mol. The van der Waals surface area contributed by atoms with Crippen molar-refractivity contribution in [3.63, 3.8) is 0 Å². The molecule has 1 fully saturated rings. The van der Waals surface area contributed by atoms with Crippen LogP contribution in [0, 0.1) is 0 Å². The standard InChI is InChI=1S/C11H15F3N2O3/c1-2-5-16(8-3-4-8)10(19)15(6-9(17)18)7-11(12,13)14/h2,8H,1,3-7H2,(H,17,18). The second-order valence-corrected chi connectivity index (χ2v) is 4.32. The molecule has 0 saturated heterocycles. The highest BCUT2D eigenvalue weighted by Gasteiger charge is 2.39. The Bertz CT molecular complexity index is 367. The molecule has 1 saturated carbocycles. The molecule has 0 atom stereocenters. The van der Waals surface area contributed by atoms with Gasteiger partial charge in [0.1, 0.15) is 13.1 Å². The first-order chi connectivity index (χ1) is 8.74. The Hall–Kier alpha value is -1.73. The van der Waals surface area contributed by atoms with E-state index in [0.29, 0.717) is 17.7 Å². The summed E-state index contributed by atoms with van der Waals surface area (Å²) in [4.78, 5) is 24.1. The van der Waals surface area contributed by atoms with Gasteiger partial charge in [-0.05, 0) is 12.8 Å². The molecule has 0 unspecified atom stereocenters. The van der Waals surface area contributed by atoms with E-state index < -0.39 is 31.3 Å². The van der Waals surface area contributed by atoms with E-state index in [2.05, 4.69) is 6.58 Å². The van der Waals surface area contributed by atoms with E-state index in [1.54, 1.807) is 0 Å². The van der Waals surface area contributed by atoms with Gasteiger partial charge in [-0.3, -0.25) is 4.79 Å². The lowest BCUT2D eigenvalue weighted by Gasteiger charge is -2.29. The highest BCUT2D eigenvalue weighted by molar-refractivity contribution is 5.80. The number of carboxylic acid groups (broad SMARTS) is 1. The lowest BCUT2D eigenvalue weighted by atomic mass is 10.4. The maximum atomic E-state index is 12.4. The third kappa shape index (κ3) is 5.19. The molecule has 1 aliphatic rings. The van der Waals surface area contributed by atoms with E-state index >= 15 is 0 Å². The van der Waals surface area contributed by atoms with Gasteiger partial charge in [0.25, 0.3) is 0 Å². The number of aliphatic carboxylic acids is 1. The summed E-state index contributed by atoms with van der Waals surface area (Å²) in [5.41, 5.74) is 0. The number of carbonyl (C=O) groups is 2. The van der Waals surface area contributed by atoms with Crippen molar-refractivity contribution in [1.82, 2.24) is 9.80 Å². The van der Waals surface area contributed by atoms with Gasteiger partial charge in [-0.1, -0.05) is 6.08 Å². The van der Waals surface area contributed by atoms with Gasteiger partial charge >= 0.3 is 18.2 Å². The van der Waals surface area contributed by atoms with E-state index in [9.17, 15) is 22.8 Å². The first-order valence-electron chi connectivity index (χ1n) is 5.69. The molecule has 0 aromatic rings. The lowest BCUT2D eigenvalue weighted by Crippen LogP contribution is -2.49. The molecule has 0 radical (unpaired) electrons. The normalized spacial score (nSPS) is 14.9. The van der Waals surface area contributed by atoms with Gasteiger partial charge in [-0.15, -0.1) is 6.58 Å². The smallest absolute Gasteiger partial charge is 0.406 e. The summed E-state index contributed by atoms with van der Waals surface area (Å²) in [6.07, 6.45) is -1.80. The lowest BCUT2D eigenvalue weighted by molar-refractivity contribution is -0.149. The Balaban J connectivity index is 2.78. The Morgan fingerprint density at radius 3 is 2.32 bits per heavy atom. The molecule has 0 bridgehead atoms. The number of hydrogen-bond acceptors (Lipinski definition) is 2. The summed E-state index contributed by atoms with van der Waals surface area (Å²) >= 11 is 0. The zero-order valence-corrected chi connectivity index (χ0v) is 10.2. The average Bonchev–Trinajstić information content (AvgIpc) is 3.05. The minimum Gasteiger partial charge on any atom is -0.480 e. The van der Waals surface area contributed by atoms with Gasteiger partial charge in [0.05, 0.1) is 0 Å². The van der Waals surface area contributed by atoms with Crippen LogP contribution in [0.15, 0.2) is 12.7 Å². The molecule has 0 aromatic heterocycles. The molecule has 2 amide bonds. The zero-order chi connectivity index (χ0) is 14.6. The van der Waals surface area contributed by atoms with Gasteiger partial charge in [0, 0.05) is 12.6 Å². The van der Waals surface area contributed by atoms with Crippen LogP contribution >= 0.6 is 0 Å². The predicted molar refractivity (Wildman–Crippen MR) is 60.6 cm³/mol. The zero-order valence-electron chi connectivity index (χ0n) is 10.2. The van der Waals surface area contributed by atoms with Crippen molar-refractivity contribution in [1.29, 1.82) is 0 Å². The SMILES string of the molecule is C=CCN(C(=O)N(CC(=O)O)CC(F)(F)F)C1CC1. The second kappa shape index (κ2) is 5.94. The molecule has 1 aliphatic carbocycles. The second-order valence-electron chi connectivity index (χ2n) is 4.32. The fraction of sp³-hybridized carbons (Fsp3) is 0.636. The Labute approximate surface area is 108 Å². The molecule has 5 nitrogen and oxygen atoms in total. The highest BCUT2D eigenvalue weighted by Crippen LogP contribution is 2.28. The van der Waals surface area contributed by atoms with Gasteiger partial charge in [-0.25, -0.2) is 4.79 Å².